The zero-order chi connectivity index (χ0) is 8.04. The van der Waals surface area contributed by atoms with Crippen LogP contribution in [0, 0.1) is 0 Å². The van der Waals surface area contributed by atoms with Crippen molar-refractivity contribution in [2.45, 2.75) is 39.2 Å². The molecule has 0 atom stereocenters. The lowest BCUT2D eigenvalue weighted by Crippen LogP contribution is -2.50. The summed E-state index contributed by atoms with van der Waals surface area (Å²) in [5.41, 5.74) is 4.07. The molecule has 10 heavy (non-hydrogen) atoms. The van der Waals surface area contributed by atoms with Gasteiger partial charge in [-0.3, -0.25) is 0 Å². The smallest absolute Gasteiger partial charge is 0.0740 e. The molecule has 0 radical (unpaired) electrons. The molecule has 0 saturated heterocycles. The van der Waals surface area contributed by atoms with Gasteiger partial charge in [-0.1, -0.05) is 0 Å². The maximum atomic E-state index is 3.79. The van der Waals surface area contributed by atoms with Crippen LogP contribution in [0.5, 0.6) is 0 Å². The Labute approximate surface area is 64.2 Å². The molecule has 0 amide bonds. The Morgan fingerprint density at radius 3 is 2.20 bits per heavy atom. The highest BCUT2D eigenvalue weighted by Crippen LogP contribution is 1.98. The van der Waals surface area contributed by atoms with E-state index in [1.54, 1.807) is 0 Å². The lowest BCUT2D eigenvalue weighted by molar-refractivity contribution is -0.368. The highest BCUT2D eigenvalue weighted by molar-refractivity contribution is 4.69. The minimum Gasteiger partial charge on any atom is -0.358 e. The van der Waals surface area contributed by atoms with E-state index >= 15 is 0 Å². The van der Waals surface area contributed by atoms with Gasteiger partial charge < -0.3 is 11.1 Å². The summed E-state index contributed by atoms with van der Waals surface area (Å²) in [5.74, 6) is 0. The number of hydrogen-bond donors (Lipinski definition) is 2. The second kappa shape index (κ2) is 4.69. The maximum Gasteiger partial charge on any atom is 0.0740 e. The van der Waals surface area contributed by atoms with Gasteiger partial charge >= 0.3 is 0 Å². The Balaban J connectivity index is 3.04. The van der Waals surface area contributed by atoms with Crippen molar-refractivity contribution in [3.05, 3.63) is 0 Å². The molecule has 0 aromatic carbocycles. The molecule has 0 aliphatic heterocycles. The first-order valence-electron chi connectivity index (χ1n) is 4.10. The SMILES string of the molecule is CC(C)(C)NCCCC[NH3+]. The molecule has 0 spiro atoms. The van der Waals surface area contributed by atoms with Crippen LogP contribution in [-0.4, -0.2) is 18.6 Å². The van der Waals surface area contributed by atoms with Crippen molar-refractivity contribution < 1.29 is 5.73 Å². The molecule has 2 nitrogen and oxygen atoms in total. The summed E-state index contributed by atoms with van der Waals surface area (Å²) in [7, 11) is 0. The van der Waals surface area contributed by atoms with Crippen LogP contribution in [0.1, 0.15) is 33.6 Å². The van der Waals surface area contributed by atoms with E-state index in [0.29, 0.717) is 0 Å². The molecule has 0 aliphatic rings. The lowest BCUT2D eigenvalue weighted by atomic mass is 10.1. The Morgan fingerprint density at radius 1 is 1.20 bits per heavy atom. The van der Waals surface area contributed by atoms with E-state index in [-0.39, 0.29) is 5.54 Å². The molecule has 0 fully saturated rings. The number of unbranched alkanes of at least 4 members (excludes halogenated alkanes) is 1. The number of rotatable bonds is 4. The second-order valence-electron chi connectivity index (χ2n) is 3.74. The first kappa shape index (κ1) is 9.92. The summed E-state index contributed by atoms with van der Waals surface area (Å²) in [4.78, 5) is 0. The van der Waals surface area contributed by atoms with Gasteiger partial charge in [0.1, 0.15) is 0 Å². The average molecular weight is 145 g/mol. The molecule has 0 rings (SSSR count). The molecule has 0 aliphatic carbocycles. The summed E-state index contributed by atoms with van der Waals surface area (Å²) in [6, 6.07) is 0. The van der Waals surface area contributed by atoms with Crippen LogP contribution in [0.15, 0.2) is 0 Å². The fourth-order valence-electron chi connectivity index (χ4n) is 0.765. The number of hydrogen-bond acceptors (Lipinski definition) is 1. The molecule has 4 N–H and O–H groups in total. The monoisotopic (exact) mass is 145 g/mol. The third-order valence-corrected chi connectivity index (χ3v) is 1.33. The van der Waals surface area contributed by atoms with Gasteiger partial charge in [0, 0.05) is 5.54 Å². The molecule has 0 unspecified atom stereocenters. The highest BCUT2D eigenvalue weighted by Gasteiger charge is 2.06. The van der Waals surface area contributed by atoms with Gasteiger partial charge in [0.15, 0.2) is 0 Å². The van der Waals surface area contributed by atoms with E-state index in [2.05, 4.69) is 31.8 Å². The molecule has 0 bridgehead atoms. The van der Waals surface area contributed by atoms with Crippen molar-refractivity contribution >= 4 is 0 Å². The van der Waals surface area contributed by atoms with E-state index in [9.17, 15) is 0 Å². The Morgan fingerprint density at radius 2 is 1.80 bits per heavy atom. The number of quaternary nitrogens is 1. The van der Waals surface area contributed by atoms with Gasteiger partial charge in [-0.05, 0) is 40.2 Å². The van der Waals surface area contributed by atoms with Gasteiger partial charge in [0.05, 0.1) is 6.54 Å². The molecular formula is C8H21N2+. The zero-order valence-electron chi connectivity index (χ0n) is 7.54. The average Bonchev–Trinajstić information content (AvgIpc) is 1.78. The minimum atomic E-state index is 0.279. The fourth-order valence-corrected chi connectivity index (χ4v) is 0.765. The molecule has 0 saturated carbocycles. The lowest BCUT2D eigenvalue weighted by Gasteiger charge is -2.19. The summed E-state index contributed by atoms with van der Waals surface area (Å²) < 4.78 is 0. The summed E-state index contributed by atoms with van der Waals surface area (Å²) in [6.45, 7) is 8.76. The van der Waals surface area contributed by atoms with Crippen LogP contribution in [0.4, 0.5) is 0 Å². The van der Waals surface area contributed by atoms with Crippen LogP contribution in [0.2, 0.25) is 0 Å². The highest BCUT2D eigenvalue weighted by atomic mass is 14.9. The molecular weight excluding hydrogens is 124 g/mol. The van der Waals surface area contributed by atoms with Crippen LogP contribution >= 0.6 is 0 Å². The van der Waals surface area contributed by atoms with Gasteiger partial charge in [-0.15, -0.1) is 0 Å². The van der Waals surface area contributed by atoms with Crippen LogP contribution in [-0.2, 0) is 0 Å². The largest absolute Gasteiger partial charge is 0.358 e. The van der Waals surface area contributed by atoms with Crippen molar-refractivity contribution in [1.82, 2.24) is 5.32 Å². The van der Waals surface area contributed by atoms with Crippen LogP contribution < -0.4 is 11.1 Å². The summed E-state index contributed by atoms with van der Waals surface area (Å²) >= 11 is 0. The molecule has 0 heterocycles. The Hall–Kier alpha value is -0.0800. The van der Waals surface area contributed by atoms with Crippen molar-refractivity contribution in [3.63, 3.8) is 0 Å². The summed E-state index contributed by atoms with van der Waals surface area (Å²) in [5, 5.41) is 3.43. The van der Waals surface area contributed by atoms with Crippen molar-refractivity contribution in [2.75, 3.05) is 13.1 Å². The standard InChI is InChI=1S/C8H20N2/c1-8(2,3)10-7-5-4-6-9/h10H,4-7,9H2,1-3H3/p+1. The second-order valence-corrected chi connectivity index (χ2v) is 3.74. The Bertz CT molecular complexity index is 73.8. The predicted octanol–water partition coefficient (Wildman–Crippen LogP) is 0.397. The molecule has 2 heteroatoms. The third-order valence-electron chi connectivity index (χ3n) is 1.33. The van der Waals surface area contributed by atoms with Gasteiger partial charge in [0.25, 0.3) is 0 Å². The summed E-state index contributed by atoms with van der Waals surface area (Å²) in [6.07, 6.45) is 2.49. The van der Waals surface area contributed by atoms with Crippen LogP contribution in [0.25, 0.3) is 0 Å². The Kier molecular flexibility index (Phi) is 4.65. The molecule has 0 aromatic heterocycles. The first-order chi connectivity index (χ1) is 4.56. The maximum absolute atomic E-state index is 3.79. The number of nitrogens with one attached hydrogen (secondary N) is 1. The van der Waals surface area contributed by atoms with E-state index in [1.807, 2.05) is 0 Å². The van der Waals surface area contributed by atoms with E-state index in [1.165, 1.54) is 12.8 Å². The predicted molar refractivity (Wildman–Crippen MR) is 44.7 cm³/mol. The van der Waals surface area contributed by atoms with E-state index in [0.717, 1.165) is 13.1 Å². The topological polar surface area (TPSA) is 39.7 Å². The first-order valence-corrected chi connectivity index (χ1v) is 4.10. The van der Waals surface area contributed by atoms with E-state index < -0.39 is 0 Å². The molecule has 62 valence electrons. The third kappa shape index (κ3) is 7.92. The van der Waals surface area contributed by atoms with Gasteiger partial charge in [-0.2, -0.15) is 0 Å². The quantitative estimate of drug-likeness (QED) is 0.552. The zero-order valence-corrected chi connectivity index (χ0v) is 7.54. The van der Waals surface area contributed by atoms with Crippen molar-refractivity contribution in [3.8, 4) is 0 Å². The van der Waals surface area contributed by atoms with Crippen molar-refractivity contribution in [1.29, 1.82) is 0 Å². The van der Waals surface area contributed by atoms with Crippen molar-refractivity contribution in [2.24, 2.45) is 0 Å². The minimum absolute atomic E-state index is 0.279. The van der Waals surface area contributed by atoms with Gasteiger partial charge in [-0.25, -0.2) is 0 Å². The van der Waals surface area contributed by atoms with E-state index in [4.69, 9.17) is 0 Å². The molecule has 0 aromatic rings. The van der Waals surface area contributed by atoms with Crippen LogP contribution in [0.3, 0.4) is 0 Å². The normalized spacial score (nSPS) is 12.0. The fraction of sp³-hybridized carbons (Fsp3) is 1.00. The van der Waals surface area contributed by atoms with Gasteiger partial charge in [0.2, 0.25) is 0 Å².